The molecule has 0 bridgehead atoms. The zero-order valence-electron chi connectivity index (χ0n) is 17.2. The van der Waals surface area contributed by atoms with E-state index in [1.54, 1.807) is 18.9 Å². The van der Waals surface area contributed by atoms with Crippen LogP contribution in [0.3, 0.4) is 0 Å². The van der Waals surface area contributed by atoms with Crippen molar-refractivity contribution in [2.45, 2.75) is 45.1 Å². The van der Waals surface area contributed by atoms with Crippen LogP contribution in [0.25, 0.3) is 0 Å². The number of esters is 1. The molecular formula is C21H31N3O5. The fourth-order valence-corrected chi connectivity index (χ4v) is 3.49. The van der Waals surface area contributed by atoms with Crippen LogP contribution in [-0.2, 0) is 19.1 Å². The standard InChI is InChI=1S/C21H31N3O5/c1-3-29-21(28)18(17-9-5-4-6-10-17)11-12-22-16(2)20(27)24(15-19(25)26)23-13-7-8-14-23/h4-6,9-10,16,18,22H,3,7-8,11-15H2,1-2H3,(H,25,26)/t16-,18?/m0/s1. The van der Waals surface area contributed by atoms with Crippen molar-refractivity contribution < 1.29 is 24.2 Å². The molecule has 1 fully saturated rings. The van der Waals surface area contributed by atoms with E-state index in [1.807, 2.05) is 30.3 Å². The first-order chi connectivity index (χ1) is 13.9. The number of nitrogens with zero attached hydrogens (tertiary/aromatic N) is 2. The quantitative estimate of drug-likeness (QED) is 0.540. The molecule has 1 aromatic carbocycles. The smallest absolute Gasteiger partial charge is 0.324 e. The molecule has 2 N–H and O–H groups in total. The highest BCUT2D eigenvalue weighted by Crippen LogP contribution is 2.21. The highest BCUT2D eigenvalue weighted by Gasteiger charge is 2.30. The molecule has 29 heavy (non-hydrogen) atoms. The largest absolute Gasteiger partial charge is 0.480 e. The Morgan fingerprint density at radius 2 is 1.86 bits per heavy atom. The predicted octanol–water partition coefficient (Wildman–Crippen LogP) is 1.63. The maximum Gasteiger partial charge on any atom is 0.324 e. The third-order valence-corrected chi connectivity index (χ3v) is 4.99. The Hall–Kier alpha value is -2.45. The molecule has 0 spiro atoms. The van der Waals surface area contributed by atoms with Gasteiger partial charge in [0.1, 0.15) is 6.54 Å². The van der Waals surface area contributed by atoms with E-state index in [0.29, 0.717) is 32.7 Å². The van der Waals surface area contributed by atoms with Crippen LogP contribution in [0.2, 0.25) is 0 Å². The molecule has 8 heteroatoms. The minimum absolute atomic E-state index is 0.276. The van der Waals surface area contributed by atoms with Crippen LogP contribution in [0.4, 0.5) is 0 Å². The Balaban J connectivity index is 1.95. The second-order valence-corrected chi connectivity index (χ2v) is 7.13. The Bertz CT molecular complexity index is 676. The van der Waals surface area contributed by atoms with Gasteiger partial charge in [0.15, 0.2) is 0 Å². The van der Waals surface area contributed by atoms with Crippen molar-refractivity contribution in [3.05, 3.63) is 35.9 Å². The number of ether oxygens (including phenoxy) is 1. The molecule has 8 nitrogen and oxygen atoms in total. The molecule has 1 heterocycles. The van der Waals surface area contributed by atoms with Gasteiger partial charge in [-0.1, -0.05) is 30.3 Å². The lowest BCUT2D eigenvalue weighted by atomic mass is 9.95. The summed E-state index contributed by atoms with van der Waals surface area (Å²) in [6.45, 7) is 5.25. The number of nitrogens with one attached hydrogen (secondary N) is 1. The molecule has 2 atom stereocenters. The van der Waals surface area contributed by atoms with Crippen LogP contribution < -0.4 is 5.32 Å². The molecule has 0 radical (unpaired) electrons. The summed E-state index contributed by atoms with van der Waals surface area (Å²) < 4.78 is 5.20. The van der Waals surface area contributed by atoms with E-state index < -0.39 is 17.9 Å². The van der Waals surface area contributed by atoms with E-state index in [0.717, 1.165) is 18.4 Å². The van der Waals surface area contributed by atoms with Crippen molar-refractivity contribution in [1.29, 1.82) is 0 Å². The number of carbonyl (C=O) groups excluding carboxylic acids is 2. The number of rotatable bonds is 11. The molecule has 0 aromatic heterocycles. The molecular weight excluding hydrogens is 374 g/mol. The molecule has 0 saturated carbocycles. The summed E-state index contributed by atoms with van der Waals surface area (Å²) in [4.78, 5) is 36.4. The van der Waals surface area contributed by atoms with Crippen molar-refractivity contribution in [2.24, 2.45) is 0 Å². The predicted molar refractivity (Wildman–Crippen MR) is 108 cm³/mol. The number of carboxylic acids is 1. The van der Waals surface area contributed by atoms with E-state index in [2.05, 4.69) is 5.32 Å². The van der Waals surface area contributed by atoms with Crippen LogP contribution in [-0.4, -0.2) is 71.8 Å². The highest BCUT2D eigenvalue weighted by molar-refractivity contribution is 5.84. The van der Waals surface area contributed by atoms with Gasteiger partial charge in [0.2, 0.25) is 0 Å². The second kappa shape index (κ2) is 11.5. The monoisotopic (exact) mass is 405 g/mol. The third-order valence-electron chi connectivity index (χ3n) is 4.99. The highest BCUT2D eigenvalue weighted by atomic mass is 16.5. The minimum atomic E-state index is -1.04. The molecule has 2 rings (SSSR count). The number of benzene rings is 1. The van der Waals surface area contributed by atoms with Crippen molar-refractivity contribution in [3.8, 4) is 0 Å². The van der Waals surface area contributed by atoms with Gasteiger partial charge in [-0.15, -0.1) is 0 Å². The molecule has 160 valence electrons. The van der Waals surface area contributed by atoms with Crippen LogP contribution in [0.5, 0.6) is 0 Å². The van der Waals surface area contributed by atoms with Gasteiger partial charge < -0.3 is 15.2 Å². The average Bonchev–Trinajstić information content (AvgIpc) is 3.24. The van der Waals surface area contributed by atoms with Gasteiger partial charge in [0.25, 0.3) is 5.91 Å². The minimum Gasteiger partial charge on any atom is -0.480 e. The Morgan fingerprint density at radius 1 is 1.21 bits per heavy atom. The molecule has 1 aromatic rings. The fourth-order valence-electron chi connectivity index (χ4n) is 3.49. The summed E-state index contributed by atoms with van der Waals surface area (Å²) in [6, 6.07) is 8.85. The lowest BCUT2D eigenvalue weighted by molar-refractivity contribution is -0.159. The SMILES string of the molecule is CCOC(=O)C(CCN[C@@H](C)C(=O)N(CC(=O)O)N1CCCC1)c1ccccc1. The summed E-state index contributed by atoms with van der Waals surface area (Å²) in [5.41, 5.74) is 0.872. The van der Waals surface area contributed by atoms with Crippen LogP contribution in [0.1, 0.15) is 44.6 Å². The summed E-state index contributed by atoms with van der Waals surface area (Å²) in [5, 5.41) is 15.4. The van der Waals surface area contributed by atoms with Crippen LogP contribution in [0, 0.1) is 0 Å². The molecule has 1 unspecified atom stereocenters. The maximum absolute atomic E-state index is 12.8. The number of aliphatic carboxylic acids is 1. The van der Waals surface area contributed by atoms with Gasteiger partial charge in [-0.05, 0) is 45.2 Å². The summed E-state index contributed by atoms with van der Waals surface area (Å²) >= 11 is 0. The zero-order valence-corrected chi connectivity index (χ0v) is 17.2. The van der Waals surface area contributed by atoms with Gasteiger partial charge in [0.05, 0.1) is 18.6 Å². The maximum atomic E-state index is 12.8. The van der Waals surface area contributed by atoms with Crippen molar-refractivity contribution >= 4 is 17.8 Å². The fraction of sp³-hybridized carbons (Fsp3) is 0.571. The molecule has 1 aliphatic heterocycles. The van der Waals surface area contributed by atoms with Crippen LogP contribution >= 0.6 is 0 Å². The third kappa shape index (κ3) is 6.83. The summed E-state index contributed by atoms with van der Waals surface area (Å²) in [6.07, 6.45) is 2.37. The van der Waals surface area contributed by atoms with E-state index in [-0.39, 0.29) is 18.4 Å². The number of carbonyl (C=O) groups is 3. The number of hydrogen-bond acceptors (Lipinski definition) is 6. The van der Waals surface area contributed by atoms with Crippen molar-refractivity contribution in [3.63, 3.8) is 0 Å². The lowest BCUT2D eigenvalue weighted by Crippen LogP contribution is -2.54. The number of carboxylic acid groups (broad SMARTS) is 1. The number of hydrazine groups is 1. The van der Waals surface area contributed by atoms with Gasteiger partial charge in [-0.2, -0.15) is 0 Å². The summed E-state index contributed by atoms with van der Waals surface area (Å²) in [7, 11) is 0. The van der Waals surface area contributed by atoms with E-state index in [1.165, 1.54) is 5.01 Å². The van der Waals surface area contributed by atoms with Gasteiger partial charge in [-0.25, -0.2) is 5.01 Å². The topological polar surface area (TPSA) is 99.2 Å². The number of amides is 1. The molecule has 1 aliphatic rings. The van der Waals surface area contributed by atoms with E-state index in [4.69, 9.17) is 9.84 Å². The first kappa shape index (κ1) is 22.8. The first-order valence-electron chi connectivity index (χ1n) is 10.2. The second-order valence-electron chi connectivity index (χ2n) is 7.13. The summed E-state index contributed by atoms with van der Waals surface area (Å²) in [5.74, 6) is -2.02. The molecule has 0 aliphatic carbocycles. The normalized spacial score (nSPS) is 16.2. The Labute approximate surface area is 171 Å². The molecule has 1 amide bonds. The lowest BCUT2D eigenvalue weighted by Gasteiger charge is -2.32. The van der Waals surface area contributed by atoms with Gasteiger partial charge in [-0.3, -0.25) is 19.4 Å². The first-order valence-corrected chi connectivity index (χ1v) is 10.2. The Morgan fingerprint density at radius 3 is 2.45 bits per heavy atom. The van der Waals surface area contributed by atoms with E-state index in [9.17, 15) is 14.4 Å². The van der Waals surface area contributed by atoms with Crippen LogP contribution in [0.15, 0.2) is 30.3 Å². The van der Waals surface area contributed by atoms with Gasteiger partial charge in [0, 0.05) is 13.1 Å². The van der Waals surface area contributed by atoms with Gasteiger partial charge >= 0.3 is 11.9 Å². The average molecular weight is 405 g/mol. The van der Waals surface area contributed by atoms with Crippen molar-refractivity contribution in [2.75, 3.05) is 32.8 Å². The number of hydrogen-bond donors (Lipinski definition) is 2. The molecule has 1 saturated heterocycles. The van der Waals surface area contributed by atoms with Crippen molar-refractivity contribution in [1.82, 2.24) is 15.3 Å². The zero-order chi connectivity index (χ0) is 21.2. The Kier molecular flexibility index (Phi) is 9.08. The van der Waals surface area contributed by atoms with E-state index >= 15 is 0 Å².